The van der Waals surface area contributed by atoms with E-state index in [1.54, 1.807) is 6.07 Å². The molecular weight excluding hydrogens is 295 g/mol. The van der Waals surface area contributed by atoms with Crippen molar-refractivity contribution in [2.75, 3.05) is 17.6 Å². The van der Waals surface area contributed by atoms with Crippen molar-refractivity contribution in [1.29, 1.82) is 0 Å². The van der Waals surface area contributed by atoms with Crippen molar-refractivity contribution in [3.8, 4) is 0 Å². The predicted octanol–water partition coefficient (Wildman–Crippen LogP) is 4.41. The molecule has 1 aliphatic carbocycles. The molecule has 2 nitrogen and oxygen atoms in total. The third-order valence-electron chi connectivity index (χ3n) is 3.94. The van der Waals surface area contributed by atoms with Gasteiger partial charge in [0.1, 0.15) is 5.82 Å². The van der Waals surface area contributed by atoms with Crippen LogP contribution in [0.25, 0.3) is 0 Å². The summed E-state index contributed by atoms with van der Waals surface area (Å²) in [5, 5.41) is 3.36. The molecular formula is C14H20BrFN2. The summed E-state index contributed by atoms with van der Waals surface area (Å²) in [6.07, 6.45) is 5.26. The topological polar surface area (TPSA) is 38.0 Å². The Balaban J connectivity index is 1.99. The number of hydrogen-bond donors (Lipinski definition) is 2. The van der Waals surface area contributed by atoms with Crippen molar-refractivity contribution in [3.63, 3.8) is 0 Å². The van der Waals surface area contributed by atoms with Crippen molar-refractivity contribution in [2.45, 2.75) is 32.6 Å². The SMILES string of the molecule is CC1CCCCC1CNc1cc(Br)c(F)cc1N. The van der Waals surface area contributed by atoms with Crippen LogP contribution in [0.15, 0.2) is 16.6 Å². The van der Waals surface area contributed by atoms with Gasteiger partial charge in [-0.1, -0.05) is 26.2 Å². The second-order valence-electron chi connectivity index (χ2n) is 5.26. The Morgan fingerprint density at radius 1 is 1.39 bits per heavy atom. The second kappa shape index (κ2) is 5.91. The Bertz CT molecular complexity index is 423. The van der Waals surface area contributed by atoms with Crippen LogP contribution in [0.1, 0.15) is 32.6 Å². The molecule has 1 saturated carbocycles. The average Bonchev–Trinajstić information content (AvgIpc) is 2.34. The van der Waals surface area contributed by atoms with Gasteiger partial charge < -0.3 is 11.1 Å². The minimum absolute atomic E-state index is 0.316. The first-order valence-electron chi connectivity index (χ1n) is 6.56. The summed E-state index contributed by atoms with van der Waals surface area (Å²) in [5.41, 5.74) is 7.11. The van der Waals surface area contributed by atoms with E-state index in [0.717, 1.165) is 18.2 Å². The fourth-order valence-corrected chi connectivity index (χ4v) is 3.00. The molecule has 1 aliphatic rings. The van der Waals surface area contributed by atoms with Gasteiger partial charge in [0, 0.05) is 12.6 Å². The molecule has 1 aromatic rings. The zero-order chi connectivity index (χ0) is 13.1. The first kappa shape index (κ1) is 13.7. The van der Waals surface area contributed by atoms with Crippen LogP contribution in [0.5, 0.6) is 0 Å². The number of nitrogens with two attached hydrogens (primary N) is 1. The zero-order valence-electron chi connectivity index (χ0n) is 10.7. The summed E-state index contributed by atoms with van der Waals surface area (Å²) in [5.74, 6) is 1.14. The third kappa shape index (κ3) is 3.16. The third-order valence-corrected chi connectivity index (χ3v) is 4.54. The molecule has 0 saturated heterocycles. The van der Waals surface area contributed by atoms with Gasteiger partial charge in [0.05, 0.1) is 15.8 Å². The zero-order valence-corrected chi connectivity index (χ0v) is 12.3. The van der Waals surface area contributed by atoms with Gasteiger partial charge in [0.15, 0.2) is 0 Å². The van der Waals surface area contributed by atoms with Crippen LogP contribution in [0.3, 0.4) is 0 Å². The molecule has 0 amide bonds. The fourth-order valence-electron chi connectivity index (χ4n) is 2.65. The minimum Gasteiger partial charge on any atom is -0.397 e. The van der Waals surface area contributed by atoms with E-state index in [1.807, 2.05) is 0 Å². The Morgan fingerprint density at radius 3 is 2.83 bits per heavy atom. The van der Waals surface area contributed by atoms with Gasteiger partial charge in [0.25, 0.3) is 0 Å². The lowest BCUT2D eigenvalue weighted by molar-refractivity contribution is 0.268. The smallest absolute Gasteiger partial charge is 0.139 e. The quantitative estimate of drug-likeness (QED) is 0.811. The molecule has 2 rings (SSSR count). The van der Waals surface area contributed by atoms with E-state index in [1.165, 1.54) is 31.7 Å². The summed E-state index contributed by atoms with van der Waals surface area (Å²) in [4.78, 5) is 0. The highest BCUT2D eigenvalue weighted by Crippen LogP contribution is 2.31. The van der Waals surface area contributed by atoms with Crippen LogP contribution in [-0.4, -0.2) is 6.54 Å². The molecule has 2 atom stereocenters. The number of halogens is 2. The van der Waals surface area contributed by atoms with Crippen LogP contribution >= 0.6 is 15.9 Å². The number of nitrogens with one attached hydrogen (secondary N) is 1. The molecule has 0 bridgehead atoms. The molecule has 3 N–H and O–H groups in total. The Kier molecular flexibility index (Phi) is 4.49. The van der Waals surface area contributed by atoms with E-state index in [-0.39, 0.29) is 5.82 Å². The maximum atomic E-state index is 13.3. The number of anilines is 2. The summed E-state index contributed by atoms with van der Waals surface area (Å²) < 4.78 is 13.7. The van der Waals surface area contributed by atoms with Crippen LogP contribution in [0.2, 0.25) is 0 Å². The van der Waals surface area contributed by atoms with E-state index < -0.39 is 0 Å². The highest BCUT2D eigenvalue weighted by molar-refractivity contribution is 9.10. The van der Waals surface area contributed by atoms with Gasteiger partial charge in [-0.05, 0) is 40.3 Å². The van der Waals surface area contributed by atoms with Crippen molar-refractivity contribution in [2.24, 2.45) is 11.8 Å². The molecule has 0 heterocycles. The van der Waals surface area contributed by atoms with Gasteiger partial charge in [-0.2, -0.15) is 0 Å². The van der Waals surface area contributed by atoms with Crippen molar-refractivity contribution < 1.29 is 4.39 Å². The first-order valence-corrected chi connectivity index (χ1v) is 7.35. The Hall–Kier alpha value is -0.770. The molecule has 1 aromatic carbocycles. The molecule has 100 valence electrons. The van der Waals surface area contributed by atoms with Gasteiger partial charge >= 0.3 is 0 Å². The van der Waals surface area contributed by atoms with E-state index in [2.05, 4.69) is 28.2 Å². The first-order chi connectivity index (χ1) is 8.58. The van der Waals surface area contributed by atoms with E-state index in [0.29, 0.717) is 16.1 Å². The Morgan fingerprint density at radius 2 is 2.11 bits per heavy atom. The minimum atomic E-state index is -0.316. The maximum Gasteiger partial charge on any atom is 0.139 e. The van der Waals surface area contributed by atoms with E-state index in [4.69, 9.17) is 5.73 Å². The fraction of sp³-hybridized carbons (Fsp3) is 0.571. The highest BCUT2D eigenvalue weighted by atomic mass is 79.9. The largest absolute Gasteiger partial charge is 0.397 e. The lowest BCUT2D eigenvalue weighted by Crippen LogP contribution is -2.24. The lowest BCUT2D eigenvalue weighted by Gasteiger charge is -2.29. The standard InChI is InChI=1S/C14H20BrFN2/c1-9-4-2-3-5-10(9)8-18-14-6-11(15)12(16)7-13(14)17/h6-7,9-10,18H,2-5,8,17H2,1H3. The molecule has 18 heavy (non-hydrogen) atoms. The van der Waals surface area contributed by atoms with Gasteiger partial charge in [-0.3, -0.25) is 0 Å². The van der Waals surface area contributed by atoms with Crippen LogP contribution in [0, 0.1) is 17.7 Å². The summed E-state index contributed by atoms with van der Waals surface area (Å²) in [6.45, 7) is 3.24. The van der Waals surface area contributed by atoms with E-state index >= 15 is 0 Å². The van der Waals surface area contributed by atoms with Gasteiger partial charge in [-0.25, -0.2) is 4.39 Å². The molecule has 0 spiro atoms. The maximum absolute atomic E-state index is 13.3. The number of benzene rings is 1. The number of hydrogen-bond acceptors (Lipinski definition) is 2. The van der Waals surface area contributed by atoms with Crippen LogP contribution < -0.4 is 11.1 Å². The molecule has 0 aromatic heterocycles. The second-order valence-corrected chi connectivity index (χ2v) is 6.11. The average molecular weight is 315 g/mol. The van der Waals surface area contributed by atoms with Crippen molar-refractivity contribution in [3.05, 3.63) is 22.4 Å². The summed E-state index contributed by atoms with van der Waals surface area (Å²) in [6, 6.07) is 3.08. The molecule has 0 radical (unpaired) electrons. The molecule has 2 unspecified atom stereocenters. The summed E-state index contributed by atoms with van der Waals surface area (Å²) >= 11 is 3.19. The number of nitrogen functional groups attached to an aromatic ring is 1. The van der Waals surface area contributed by atoms with E-state index in [9.17, 15) is 4.39 Å². The lowest BCUT2D eigenvalue weighted by atomic mass is 9.80. The molecule has 0 aliphatic heterocycles. The van der Waals surface area contributed by atoms with Crippen LogP contribution in [-0.2, 0) is 0 Å². The Labute approximate surface area is 116 Å². The number of rotatable bonds is 3. The molecule has 1 fully saturated rings. The normalized spacial score (nSPS) is 23.9. The van der Waals surface area contributed by atoms with Crippen LogP contribution in [0.4, 0.5) is 15.8 Å². The van der Waals surface area contributed by atoms with Crippen molar-refractivity contribution >= 4 is 27.3 Å². The predicted molar refractivity (Wildman–Crippen MR) is 78.1 cm³/mol. The molecule has 4 heteroatoms. The van der Waals surface area contributed by atoms with Gasteiger partial charge in [-0.15, -0.1) is 0 Å². The summed E-state index contributed by atoms with van der Waals surface area (Å²) in [7, 11) is 0. The van der Waals surface area contributed by atoms with Gasteiger partial charge in [0.2, 0.25) is 0 Å². The highest BCUT2D eigenvalue weighted by Gasteiger charge is 2.21. The monoisotopic (exact) mass is 314 g/mol. The van der Waals surface area contributed by atoms with Crippen molar-refractivity contribution in [1.82, 2.24) is 0 Å².